The summed E-state index contributed by atoms with van der Waals surface area (Å²) in [7, 11) is 4.61. The van der Waals surface area contributed by atoms with E-state index in [9.17, 15) is 9.59 Å². The number of hydroxylamine groups is 2. The number of aromatic nitrogens is 2. The summed E-state index contributed by atoms with van der Waals surface area (Å²) in [5.74, 6) is 1.55. The summed E-state index contributed by atoms with van der Waals surface area (Å²) < 4.78 is 29.6. The smallest absolute Gasteiger partial charge is 0.442 e. The predicted molar refractivity (Wildman–Crippen MR) is 197 cm³/mol. The van der Waals surface area contributed by atoms with Gasteiger partial charge in [-0.3, -0.25) is 4.84 Å². The molecule has 0 aliphatic carbocycles. The highest BCUT2D eigenvalue weighted by atomic mass is 35.5. The first kappa shape index (κ1) is 39.6. The molecule has 4 aromatic rings. The summed E-state index contributed by atoms with van der Waals surface area (Å²) in [5.41, 5.74) is 1.66. The predicted octanol–water partition coefficient (Wildman–Crippen LogP) is 9.14. The Hall–Kier alpha value is -4.23. The first-order valence-corrected chi connectivity index (χ1v) is 17.0. The first-order valence-electron chi connectivity index (χ1n) is 16.3. The molecule has 276 valence electrons. The minimum atomic E-state index is -0.676. The Bertz CT molecular complexity index is 1900. The van der Waals surface area contributed by atoms with Crippen LogP contribution in [0.5, 0.6) is 23.0 Å². The van der Waals surface area contributed by atoms with Crippen LogP contribution in [0.15, 0.2) is 63.8 Å². The van der Waals surface area contributed by atoms with Crippen molar-refractivity contribution in [2.24, 2.45) is 0 Å². The molecule has 0 fully saturated rings. The summed E-state index contributed by atoms with van der Waals surface area (Å²) in [6.07, 6.45) is 0.695. The second-order valence-corrected chi connectivity index (χ2v) is 14.9. The average Bonchev–Trinajstić information content (AvgIpc) is 3.44. The maximum Gasteiger partial charge on any atom is 0.442 e. The summed E-state index contributed by atoms with van der Waals surface area (Å²) in [5, 5.41) is 8.70. The van der Waals surface area contributed by atoms with E-state index in [4.69, 9.17) is 51.4 Å². The average molecular weight is 746 g/mol. The number of urea groups is 1. The number of ether oxygens (including phenoxy) is 4. The van der Waals surface area contributed by atoms with Gasteiger partial charge in [-0.25, -0.2) is 14.7 Å². The topological polar surface area (TPSA) is 127 Å². The normalized spacial score (nSPS) is 16.4. The highest BCUT2D eigenvalue weighted by molar-refractivity contribution is 6.36. The molecule has 1 aromatic heterocycles. The molecule has 0 saturated heterocycles. The number of anilines is 1. The second-order valence-electron chi connectivity index (χ2n) is 14.1. The van der Waals surface area contributed by atoms with E-state index in [0.29, 0.717) is 39.5 Å². The van der Waals surface area contributed by atoms with Gasteiger partial charge in [0.2, 0.25) is 11.7 Å². The molecule has 3 aromatic carbocycles. The third-order valence-corrected chi connectivity index (χ3v) is 8.48. The van der Waals surface area contributed by atoms with Crippen LogP contribution in [0.25, 0.3) is 5.69 Å². The molecule has 0 bridgehead atoms. The molecule has 5 rings (SSSR count). The van der Waals surface area contributed by atoms with Crippen LogP contribution in [0.1, 0.15) is 73.3 Å². The SMILES string of the molecule is CC(C)Oc1cc(-n2nc(C(C)(C)C)oc2=O)c(Cl)cc1Cl.CON(C)C(=O)Nc1ccc(Oc2ccc3c(c2)OC(C)(OC)CC3(C)C)cc1. The Morgan fingerprint density at radius 3 is 2.22 bits per heavy atom. The van der Waals surface area contributed by atoms with Crippen molar-refractivity contribution in [2.45, 2.75) is 84.5 Å². The lowest BCUT2D eigenvalue weighted by molar-refractivity contribution is -0.172. The zero-order chi connectivity index (χ0) is 37.9. The first-order chi connectivity index (χ1) is 23.7. The number of nitrogens with zero attached hydrogens (tertiary/aromatic N) is 3. The number of hydrogen-bond donors (Lipinski definition) is 1. The number of methoxy groups -OCH3 is 1. The number of fused-ring (bicyclic) bond motifs is 1. The van der Waals surface area contributed by atoms with E-state index in [1.54, 1.807) is 37.4 Å². The molecule has 1 aliphatic heterocycles. The zero-order valence-corrected chi connectivity index (χ0v) is 32.4. The van der Waals surface area contributed by atoms with Crippen LogP contribution in [0.3, 0.4) is 0 Å². The van der Waals surface area contributed by atoms with Crippen molar-refractivity contribution in [3.05, 3.63) is 86.6 Å². The van der Waals surface area contributed by atoms with Crippen LogP contribution in [0.2, 0.25) is 10.0 Å². The third kappa shape index (κ3) is 9.76. The molecule has 12 nitrogen and oxygen atoms in total. The van der Waals surface area contributed by atoms with E-state index in [0.717, 1.165) is 27.5 Å². The maximum absolute atomic E-state index is 12.1. The van der Waals surface area contributed by atoms with E-state index in [1.807, 2.05) is 59.7 Å². The van der Waals surface area contributed by atoms with Crippen molar-refractivity contribution in [2.75, 3.05) is 26.6 Å². The summed E-state index contributed by atoms with van der Waals surface area (Å²) in [4.78, 5) is 28.7. The van der Waals surface area contributed by atoms with Crippen molar-refractivity contribution < 1.29 is 33.0 Å². The zero-order valence-electron chi connectivity index (χ0n) is 30.8. The molecule has 1 unspecified atom stereocenters. The Balaban J connectivity index is 0.000000238. The van der Waals surface area contributed by atoms with Gasteiger partial charge in [0.1, 0.15) is 23.0 Å². The molecule has 14 heteroatoms. The van der Waals surface area contributed by atoms with Gasteiger partial charge < -0.3 is 28.7 Å². The molecule has 2 amide bonds. The van der Waals surface area contributed by atoms with Crippen LogP contribution < -0.4 is 25.3 Å². The second kappa shape index (κ2) is 15.6. The number of amides is 2. The van der Waals surface area contributed by atoms with Gasteiger partial charge >= 0.3 is 11.8 Å². The highest BCUT2D eigenvalue weighted by Crippen LogP contribution is 2.46. The van der Waals surface area contributed by atoms with E-state index in [2.05, 4.69) is 24.3 Å². The molecule has 1 atom stereocenters. The quantitative estimate of drug-likeness (QED) is 0.176. The number of carbonyl (C=O) groups excluding carboxylic acids is 1. The molecule has 1 aliphatic rings. The Morgan fingerprint density at radius 2 is 1.65 bits per heavy atom. The van der Waals surface area contributed by atoms with Crippen LogP contribution in [-0.2, 0) is 20.4 Å². The summed E-state index contributed by atoms with van der Waals surface area (Å²) in [6, 6.07) is 15.7. The number of hydrogen-bond acceptors (Lipinski definition) is 9. The standard InChI is InChI=1S/C22H28N2O5.C15H18Cl2N2O3/c1-21(2)14-22(3,26-5)29-19-13-17(11-12-18(19)21)28-16-9-7-15(8-10-16)23-20(25)24(4)27-6;1-8(2)21-12-7-11(9(16)6-10(12)17)19-14(20)22-13(18-19)15(3,4)5/h7-13H,14H2,1-6H3,(H,23,25);6-8H,1-5H3. The Labute approximate surface area is 308 Å². The van der Waals surface area contributed by atoms with E-state index in [-0.39, 0.29) is 28.0 Å². The summed E-state index contributed by atoms with van der Waals surface area (Å²) >= 11 is 12.3. The number of rotatable bonds is 8. The third-order valence-electron chi connectivity index (χ3n) is 7.89. The van der Waals surface area contributed by atoms with Gasteiger partial charge in [0, 0.05) is 56.3 Å². The monoisotopic (exact) mass is 744 g/mol. The number of halogens is 2. The van der Waals surface area contributed by atoms with Crippen molar-refractivity contribution in [1.29, 1.82) is 0 Å². The lowest BCUT2D eigenvalue weighted by Crippen LogP contribution is -2.45. The van der Waals surface area contributed by atoms with E-state index in [1.165, 1.54) is 20.2 Å². The van der Waals surface area contributed by atoms with E-state index < -0.39 is 11.5 Å². The Kier molecular flexibility index (Phi) is 12.1. The van der Waals surface area contributed by atoms with Gasteiger partial charge in [-0.05, 0) is 55.7 Å². The van der Waals surface area contributed by atoms with Crippen molar-refractivity contribution in [3.8, 4) is 28.7 Å². The molecule has 1 N–H and O–H groups in total. The van der Waals surface area contributed by atoms with Gasteiger partial charge in [0.05, 0.1) is 28.9 Å². The molecular formula is C37H46Cl2N4O8. The minimum Gasteiger partial charge on any atom is -0.489 e. The Morgan fingerprint density at radius 1 is 1.00 bits per heavy atom. The largest absolute Gasteiger partial charge is 0.489 e. The molecule has 0 radical (unpaired) electrons. The van der Waals surface area contributed by atoms with Gasteiger partial charge in [0.15, 0.2) is 0 Å². The van der Waals surface area contributed by atoms with Crippen LogP contribution in [0.4, 0.5) is 10.5 Å². The molecular weight excluding hydrogens is 699 g/mol. The maximum atomic E-state index is 12.1. The fourth-order valence-electron chi connectivity index (χ4n) is 5.28. The van der Waals surface area contributed by atoms with E-state index >= 15 is 0 Å². The van der Waals surface area contributed by atoms with Gasteiger partial charge in [-0.1, -0.05) is 63.9 Å². The molecule has 2 heterocycles. The van der Waals surface area contributed by atoms with Gasteiger partial charge in [-0.2, -0.15) is 4.68 Å². The number of benzene rings is 3. The van der Waals surface area contributed by atoms with Crippen molar-refractivity contribution >= 4 is 34.9 Å². The van der Waals surface area contributed by atoms with Crippen LogP contribution in [0, 0.1) is 0 Å². The van der Waals surface area contributed by atoms with Gasteiger partial charge in [-0.15, -0.1) is 5.10 Å². The summed E-state index contributed by atoms with van der Waals surface area (Å²) in [6.45, 7) is 15.8. The lowest BCUT2D eigenvalue weighted by Gasteiger charge is -2.43. The fourth-order valence-corrected chi connectivity index (χ4v) is 5.78. The van der Waals surface area contributed by atoms with Crippen LogP contribution in [-0.4, -0.2) is 54.0 Å². The number of nitrogens with one attached hydrogen (secondary N) is 1. The van der Waals surface area contributed by atoms with Crippen molar-refractivity contribution in [1.82, 2.24) is 14.8 Å². The van der Waals surface area contributed by atoms with Crippen LogP contribution >= 0.6 is 23.2 Å². The fraction of sp³-hybridized carbons (Fsp3) is 0.432. The van der Waals surface area contributed by atoms with Crippen molar-refractivity contribution in [3.63, 3.8) is 0 Å². The van der Waals surface area contributed by atoms with Gasteiger partial charge in [0.25, 0.3) is 0 Å². The minimum absolute atomic E-state index is 0.0642. The highest BCUT2D eigenvalue weighted by Gasteiger charge is 2.42. The molecule has 0 saturated carbocycles. The molecule has 0 spiro atoms. The number of carbonyl (C=O) groups is 1. The lowest BCUT2D eigenvalue weighted by atomic mass is 9.76. The molecule has 51 heavy (non-hydrogen) atoms.